The van der Waals surface area contributed by atoms with Crippen LogP contribution in [0.1, 0.15) is 36.7 Å². The van der Waals surface area contributed by atoms with Gasteiger partial charge in [0.2, 0.25) is 11.9 Å². The Hall–Kier alpha value is -3.06. The van der Waals surface area contributed by atoms with Crippen LogP contribution in [0.3, 0.4) is 0 Å². The number of amides is 1. The van der Waals surface area contributed by atoms with Gasteiger partial charge in [0.25, 0.3) is 0 Å². The Morgan fingerprint density at radius 3 is 2.63 bits per heavy atom. The first kappa shape index (κ1) is 20.3. The van der Waals surface area contributed by atoms with Gasteiger partial charge in [-0.15, -0.1) is 10.2 Å². The fraction of sp³-hybridized carbons (Fsp3) is 0.353. The third-order valence-electron chi connectivity index (χ3n) is 3.62. The molecular weight excluding hydrogens is 368 g/mol. The van der Waals surface area contributed by atoms with E-state index in [1.807, 2.05) is 13.0 Å². The molecule has 0 aliphatic carbocycles. The average molecular weight is 388 g/mol. The molecule has 3 N–H and O–H groups in total. The van der Waals surface area contributed by atoms with Gasteiger partial charge in [-0.2, -0.15) is 5.26 Å². The molecule has 9 nitrogen and oxygen atoms in total. The summed E-state index contributed by atoms with van der Waals surface area (Å²) in [6.07, 6.45) is 0.453. The highest BCUT2D eigenvalue weighted by Crippen LogP contribution is 2.26. The van der Waals surface area contributed by atoms with E-state index in [4.69, 9.17) is 15.7 Å². The van der Waals surface area contributed by atoms with Crippen molar-refractivity contribution >= 4 is 35.3 Å². The van der Waals surface area contributed by atoms with Crippen molar-refractivity contribution in [2.45, 2.75) is 31.5 Å². The van der Waals surface area contributed by atoms with Gasteiger partial charge in [-0.1, -0.05) is 18.7 Å². The number of nitrogens with two attached hydrogens (primary N) is 1. The summed E-state index contributed by atoms with van der Waals surface area (Å²) in [5.41, 5.74) is 6.80. The number of aromatic nitrogens is 3. The van der Waals surface area contributed by atoms with Crippen LogP contribution in [0.4, 0.5) is 11.6 Å². The third kappa shape index (κ3) is 4.98. The van der Waals surface area contributed by atoms with E-state index in [9.17, 15) is 9.59 Å². The van der Waals surface area contributed by atoms with E-state index in [0.717, 1.165) is 11.8 Å². The molecule has 27 heavy (non-hydrogen) atoms. The fourth-order valence-corrected chi connectivity index (χ4v) is 3.04. The lowest BCUT2D eigenvalue weighted by atomic mass is 10.1. The molecule has 0 aliphatic heterocycles. The summed E-state index contributed by atoms with van der Waals surface area (Å²) >= 11 is 1.16. The number of thioether (sulfide) groups is 1. The minimum absolute atomic E-state index is 0.107. The molecule has 1 unspecified atom stereocenters. The molecule has 2 rings (SSSR count). The van der Waals surface area contributed by atoms with Crippen LogP contribution in [-0.2, 0) is 9.53 Å². The number of carbonyl (C=O) groups excluding carboxylic acids is 2. The lowest BCUT2D eigenvalue weighted by Gasteiger charge is -2.18. The molecule has 1 heterocycles. The molecule has 2 aromatic rings. The Kier molecular flexibility index (Phi) is 7.19. The lowest BCUT2D eigenvalue weighted by Crippen LogP contribution is -2.27. The van der Waals surface area contributed by atoms with Gasteiger partial charge in [-0.05, 0) is 37.6 Å². The molecule has 1 aromatic carbocycles. The van der Waals surface area contributed by atoms with Gasteiger partial charge < -0.3 is 15.8 Å². The normalized spacial score (nSPS) is 11.4. The number of nitriles is 1. The van der Waals surface area contributed by atoms with Crippen molar-refractivity contribution in [2.75, 3.05) is 23.4 Å². The van der Waals surface area contributed by atoms with Gasteiger partial charge in [0.05, 0.1) is 24.0 Å². The molecular formula is C17H20N6O3S. The minimum Gasteiger partial charge on any atom is -0.462 e. The Morgan fingerprint density at radius 2 is 2.04 bits per heavy atom. The van der Waals surface area contributed by atoms with Crippen LogP contribution in [0.15, 0.2) is 29.4 Å². The molecule has 1 atom stereocenters. The molecule has 1 aromatic heterocycles. The fourth-order valence-electron chi connectivity index (χ4n) is 2.39. The molecule has 0 saturated heterocycles. The summed E-state index contributed by atoms with van der Waals surface area (Å²) in [6, 6.07) is 7.78. The first-order chi connectivity index (χ1) is 13.0. The number of hydrogen-bond acceptors (Lipinski definition) is 8. The molecule has 1 amide bonds. The molecule has 142 valence electrons. The molecule has 0 aliphatic rings. The zero-order valence-corrected chi connectivity index (χ0v) is 15.8. The number of rotatable bonds is 8. The van der Waals surface area contributed by atoms with Crippen LogP contribution in [-0.4, -0.2) is 39.0 Å². The van der Waals surface area contributed by atoms with Gasteiger partial charge in [-0.3, -0.25) is 9.36 Å². The Labute approximate surface area is 160 Å². The van der Waals surface area contributed by atoms with Crippen LogP contribution >= 0.6 is 11.8 Å². The second kappa shape index (κ2) is 9.59. The number of carbonyl (C=O) groups is 2. The van der Waals surface area contributed by atoms with Crippen molar-refractivity contribution in [1.29, 1.82) is 5.26 Å². The Morgan fingerprint density at radius 1 is 1.33 bits per heavy atom. The summed E-state index contributed by atoms with van der Waals surface area (Å²) in [5.74, 6) is -0.439. The largest absolute Gasteiger partial charge is 0.462 e. The van der Waals surface area contributed by atoms with Crippen molar-refractivity contribution < 1.29 is 14.3 Å². The van der Waals surface area contributed by atoms with Crippen LogP contribution in [0.25, 0.3) is 0 Å². The molecule has 0 spiro atoms. The monoisotopic (exact) mass is 388 g/mol. The SMILES string of the molecule is CCOC(=O)c1ccc(NC(=O)C(CC)n2c(N)nnc2SCC#N)cc1. The van der Waals surface area contributed by atoms with E-state index in [1.54, 1.807) is 31.2 Å². The maximum atomic E-state index is 12.7. The van der Waals surface area contributed by atoms with E-state index in [1.165, 1.54) is 4.57 Å². The van der Waals surface area contributed by atoms with Gasteiger partial charge >= 0.3 is 5.97 Å². The Balaban J connectivity index is 2.15. The van der Waals surface area contributed by atoms with Crippen molar-refractivity contribution in [2.24, 2.45) is 0 Å². The maximum absolute atomic E-state index is 12.7. The number of anilines is 2. The third-order valence-corrected chi connectivity index (χ3v) is 4.43. The lowest BCUT2D eigenvalue weighted by molar-refractivity contribution is -0.119. The van der Waals surface area contributed by atoms with Crippen molar-refractivity contribution in [1.82, 2.24) is 14.8 Å². The van der Waals surface area contributed by atoms with E-state index >= 15 is 0 Å². The van der Waals surface area contributed by atoms with Crippen LogP contribution in [0, 0.1) is 11.3 Å². The first-order valence-electron chi connectivity index (χ1n) is 8.29. The molecule has 0 bridgehead atoms. The summed E-state index contributed by atoms with van der Waals surface area (Å²) in [6.45, 7) is 3.87. The van der Waals surface area contributed by atoms with Gasteiger partial charge in [0.1, 0.15) is 6.04 Å². The van der Waals surface area contributed by atoms with E-state index < -0.39 is 12.0 Å². The van der Waals surface area contributed by atoms with Crippen LogP contribution in [0.2, 0.25) is 0 Å². The molecule has 10 heteroatoms. The topological polar surface area (TPSA) is 136 Å². The number of benzene rings is 1. The maximum Gasteiger partial charge on any atom is 0.338 e. The molecule has 0 fully saturated rings. The summed E-state index contributed by atoms with van der Waals surface area (Å²) < 4.78 is 6.45. The predicted octanol–water partition coefficient (Wildman–Crippen LogP) is 2.24. The summed E-state index contributed by atoms with van der Waals surface area (Å²) in [5, 5.41) is 19.7. The quantitative estimate of drug-likeness (QED) is 0.519. The van der Waals surface area contributed by atoms with Crippen molar-refractivity contribution in [3.8, 4) is 6.07 Å². The molecule has 0 saturated carbocycles. The number of nitrogen functional groups attached to an aromatic ring is 1. The zero-order chi connectivity index (χ0) is 19.8. The highest BCUT2D eigenvalue weighted by molar-refractivity contribution is 7.99. The van der Waals surface area contributed by atoms with Crippen LogP contribution < -0.4 is 11.1 Å². The summed E-state index contributed by atoms with van der Waals surface area (Å²) in [4.78, 5) is 24.4. The van der Waals surface area contributed by atoms with Crippen LogP contribution in [0.5, 0.6) is 0 Å². The zero-order valence-electron chi connectivity index (χ0n) is 15.0. The van der Waals surface area contributed by atoms with Gasteiger partial charge in [0, 0.05) is 5.69 Å². The summed E-state index contributed by atoms with van der Waals surface area (Å²) in [7, 11) is 0. The van der Waals surface area contributed by atoms with Crippen molar-refractivity contribution in [3.63, 3.8) is 0 Å². The number of hydrogen-bond donors (Lipinski definition) is 2. The standard InChI is InChI=1S/C17H20N6O3S/c1-3-13(23-16(19)21-22-17(23)27-10-9-18)14(24)20-12-7-5-11(6-8-12)15(25)26-4-2/h5-8,13H,3-4,10H2,1-2H3,(H2,19,21)(H,20,24). The number of esters is 1. The number of nitrogens with one attached hydrogen (secondary N) is 1. The van der Waals surface area contributed by atoms with Crippen molar-refractivity contribution in [3.05, 3.63) is 29.8 Å². The van der Waals surface area contributed by atoms with E-state index in [-0.39, 0.29) is 17.6 Å². The van der Waals surface area contributed by atoms with E-state index in [2.05, 4.69) is 15.5 Å². The van der Waals surface area contributed by atoms with E-state index in [0.29, 0.717) is 29.4 Å². The second-order valence-corrected chi connectivity index (χ2v) is 6.31. The van der Waals surface area contributed by atoms with Gasteiger partial charge in [0.15, 0.2) is 5.16 Å². The second-order valence-electron chi connectivity index (χ2n) is 5.37. The number of ether oxygens (including phenoxy) is 1. The smallest absolute Gasteiger partial charge is 0.338 e. The minimum atomic E-state index is -0.633. The highest BCUT2D eigenvalue weighted by Gasteiger charge is 2.25. The highest BCUT2D eigenvalue weighted by atomic mass is 32.2. The number of nitrogens with zero attached hydrogens (tertiary/aromatic N) is 4. The first-order valence-corrected chi connectivity index (χ1v) is 9.28. The predicted molar refractivity (Wildman–Crippen MR) is 101 cm³/mol. The molecule has 0 radical (unpaired) electrons. The van der Waals surface area contributed by atoms with Gasteiger partial charge in [-0.25, -0.2) is 4.79 Å². The Bertz CT molecular complexity index is 843. The average Bonchev–Trinajstić information content (AvgIpc) is 3.02.